The van der Waals surface area contributed by atoms with Gasteiger partial charge in [-0.2, -0.15) is 0 Å². The van der Waals surface area contributed by atoms with Gasteiger partial charge in [-0.25, -0.2) is 9.98 Å². The van der Waals surface area contributed by atoms with Crippen molar-refractivity contribution in [2.24, 2.45) is 10.7 Å². The molecule has 6 heteroatoms. The lowest BCUT2D eigenvalue weighted by atomic mass is 10.1. The number of aromatic nitrogens is 2. The summed E-state index contributed by atoms with van der Waals surface area (Å²) in [5, 5.41) is 3.17. The van der Waals surface area contributed by atoms with Gasteiger partial charge in [0, 0.05) is 25.5 Å². The zero-order valence-electron chi connectivity index (χ0n) is 16.0. The zero-order chi connectivity index (χ0) is 18.7. The fourth-order valence-electron chi connectivity index (χ4n) is 2.98. The first-order chi connectivity index (χ1) is 13.3. The lowest BCUT2D eigenvalue weighted by molar-refractivity contribution is 0.611. The van der Waals surface area contributed by atoms with Crippen LogP contribution in [0.15, 0.2) is 78.0 Å². The van der Waals surface area contributed by atoms with Gasteiger partial charge < -0.3 is 15.6 Å². The Morgan fingerprint density at radius 1 is 0.964 bits per heavy atom. The quantitative estimate of drug-likeness (QED) is 0.273. The minimum Gasteiger partial charge on any atom is -0.370 e. The Bertz CT molecular complexity index is 830. The van der Waals surface area contributed by atoms with Gasteiger partial charge in [0.2, 0.25) is 0 Å². The van der Waals surface area contributed by atoms with E-state index in [9.17, 15) is 0 Å². The summed E-state index contributed by atoms with van der Waals surface area (Å²) in [6.07, 6.45) is 6.89. The van der Waals surface area contributed by atoms with E-state index in [0.29, 0.717) is 12.5 Å². The van der Waals surface area contributed by atoms with Crippen molar-refractivity contribution in [2.45, 2.75) is 32.4 Å². The monoisotopic (exact) mass is 489 g/mol. The third-order valence-corrected chi connectivity index (χ3v) is 4.46. The standard InChI is InChI=1S/C22H27N5.HI/c23-22(25-14-13-20-10-5-2-6-11-20)26-18-21-24-15-17-27(21)16-7-12-19-8-3-1-4-9-19;/h1-6,8-11,15,17H,7,12-14,16,18H2,(H3,23,25,26);1H. The maximum Gasteiger partial charge on any atom is 0.189 e. The van der Waals surface area contributed by atoms with Crippen molar-refractivity contribution in [3.05, 3.63) is 90.0 Å². The molecule has 2 aromatic carbocycles. The fraction of sp³-hybridized carbons (Fsp3) is 0.273. The molecular weight excluding hydrogens is 461 g/mol. The molecule has 0 saturated carbocycles. The lowest BCUT2D eigenvalue weighted by Crippen LogP contribution is -2.33. The number of rotatable bonds is 9. The van der Waals surface area contributed by atoms with Gasteiger partial charge in [0.1, 0.15) is 12.4 Å². The van der Waals surface area contributed by atoms with Crippen molar-refractivity contribution in [2.75, 3.05) is 6.54 Å². The molecular formula is C22H28IN5. The Morgan fingerprint density at radius 2 is 1.61 bits per heavy atom. The topological polar surface area (TPSA) is 68.2 Å². The van der Waals surface area contributed by atoms with Gasteiger partial charge in [0.05, 0.1) is 0 Å². The van der Waals surface area contributed by atoms with Crippen LogP contribution < -0.4 is 11.1 Å². The third-order valence-electron chi connectivity index (χ3n) is 4.46. The number of hydrogen-bond acceptors (Lipinski definition) is 2. The van der Waals surface area contributed by atoms with Gasteiger partial charge in [-0.3, -0.25) is 0 Å². The second-order valence-electron chi connectivity index (χ2n) is 6.49. The molecule has 0 atom stereocenters. The van der Waals surface area contributed by atoms with E-state index in [4.69, 9.17) is 5.73 Å². The first-order valence-corrected chi connectivity index (χ1v) is 9.43. The highest BCUT2D eigenvalue weighted by Gasteiger charge is 2.03. The second kappa shape index (κ2) is 12.2. The molecule has 0 saturated heterocycles. The van der Waals surface area contributed by atoms with Crippen molar-refractivity contribution in [1.29, 1.82) is 0 Å². The summed E-state index contributed by atoms with van der Waals surface area (Å²) in [4.78, 5) is 8.84. The maximum absolute atomic E-state index is 5.98. The lowest BCUT2D eigenvalue weighted by Gasteiger charge is -2.08. The molecule has 0 fully saturated rings. The van der Waals surface area contributed by atoms with E-state index < -0.39 is 0 Å². The second-order valence-corrected chi connectivity index (χ2v) is 6.49. The van der Waals surface area contributed by atoms with E-state index in [2.05, 4.69) is 56.3 Å². The molecule has 0 bridgehead atoms. The van der Waals surface area contributed by atoms with Crippen LogP contribution in [0.5, 0.6) is 0 Å². The number of guanidine groups is 1. The van der Waals surface area contributed by atoms with Crippen LogP contribution in [-0.4, -0.2) is 22.1 Å². The third kappa shape index (κ3) is 7.34. The van der Waals surface area contributed by atoms with Crippen molar-refractivity contribution < 1.29 is 0 Å². The summed E-state index contributed by atoms with van der Waals surface area (Å²) < 4.78 is 2.16. The highest BCUT2D eigenvalue weighted by Crippen LogP contribution is 2.06. The van der Waals surface area contributed by atoms with Crippen LogP contribution in [0.2, 0.25) is 0 Å². The highest BCUT2D eigenvalue weighted by atomic mass is 127. The first kappa shape index (κ1) is 21.9. The molecule has 0 spiro atoms. The van der Waals surface area contributed by atoms with Gasteiger partial charge in [-0.05, 0) is 30.4 Å². The molecule has 0 aliphatic rings. The van der Waals surface area contributed by atoms with E-state index in [1.807, 2.05) is 36.7 Å². The van der Waals surface area contributed by atoms with Crippen molar-refractivity contribution >= 4 is 29.9 Å². The SMILES string of the molecule is I.NC(=NCc1nccn1CCCc1ccccc1)NCCc1ccccc1. The number of aliphatic imine (C=N–C) groups is 1. The number of hydrogen-bond donors (Lipinski definition) is 2. The van der Waals surface area contributed by atoms with Gasteiger partial charge in [-0.1, -0.05) is 60.7 Å². The number of imidazole rings is 1. The van der Waals surface area contributed by atoms with Crippen molar-refractivity contribution in [3.63, 3.8) is 0 Å². The molecule has 0 unspecified atom stereocenters. The normalized spacial score (nSPS) is 11.1. The maximum atomic E-state index is 5.98. The summed E-state index contributed by atoms with van der Waals surface area (Å²) in [5.74, 6) is 1.40. The smallest absolute Gasteiger partial charge is 0.189 e. The van der Waals surface area contributed by atoms with Crippen LogP contribution in [0.25, 0.3) is 0 Å². The Labute approximate surface area is 184 Å². The van der Waals surface area contributed by atoms with Crippen LogP contribution in [0.1, 0.15) is 23.4 Å². The highest BCUT2D eigenvalue weighted by molar-refractivity contribution is 14.0. The average molecular weight is 489 g/mol. The molecule has 5 nitrogen and oxygen atoms in total. The molecule has 0 amide bonds. The predicted molar refractivity (Wildman–Crippen MR) is 126 cm³/mol. The summed E-state index contributed by atoms with van der Waals surface area (Å²) in [5.41, 5.74) is 8.63. The number of benzene rings is 2. The average Bonchev–Trinajstić information content (AvgIpc) is 3.15. The Morgan fingerprint density at radius 3 is 2.29 bits per heavy atom. The minimum absolute atomic E-state index is 0. The van der Waals surface area contributed by atoms with E-state index >= 15 is 0 Å². The molecule has 28 heavy (non-hydrogen) atoms. The molecule has 0 aliphatic heterocycles. The number of nitrogens with two attached hydrogens (primary N) is 1. The van der Waals surface area contributed by atoms with Crippen LogP contribution >= 0.6 is 24.0 Å². The Hall–Kier alpha value is -2.35. The Balaban J connectivity index is 0.00000280. The molecule has 0 aliphatic carbocycles. The van der Waals surface area contributed by atoms with E-state index in [0.717, 1.165) is 38.2 Å². The fourth-order valence-corrected chi connectivity index (χ4v) is 2.98. The molecule has 1 aromatic heterocycles. The number of nitrogens with zero attached hydrogens (tertiary/aromatic N) is 3. The van der Waals surface area contributed by atoms with E-state index in [1.165, 1.54) is 11.1 Å². The molecule has 0 radical (unpaired) electrons. The van der Waals surface area contributed by atoms with Gasteiger partial charge in [0.25, 0.3) is 0 Å². The number of nitrogens with one attached hydrogen (secondary N) is 1. The van der Waals surface area contributed by atoms with Crippen molar-refractivity contribution in [3.8, 4) is 0 Å². The molecule has 3 aromatic rings. The van der Waals surface area contributed by atoms with Gasteiger partial charge >= 0.3 is 0 Å². The van der Waals surface area contributed by atoms with E-state index in [-0.39, 0.29) is 24.0 Å². The molecule has 148 valence electrons. The van der Waals surface area contributed by atoms with Gasteiger partial charge in [-0.15, -0.1) is 24.0 Å². The van der Waals surface area contributed by atoms with Gasteiger partial charge in [0.15, 0.2) is 5.96 Å². The predicted octanol–water partition coefficient (Wildman–Crippen LogP) is 3.78. The van der Waals surface area contributed by atoms with Crippen molar-refractivity contribution in [1.82, 2.24) is 14.9 Å². The molecule has 3 N–H and O–H groups in total. The van der Waals surface area contributed by atoms with E-state index in [1.54, 1.807) is 0 Å². The summed E-state index contributed by atoms with van der Waals surface area (Å²) >= 11 is 0. The first-order valence-electron chi connectivity index (χ1n) is 9.43. The van der Waals surface area contributed by atoms with Crippen LogP contribution in [0.3, 0.4) is 0 Å². The molecule has 3 rings (SSSR count). The van der Waals surface area contributed by atoms with Crippen LogP contribution in [0.4, 0.5) is 0 Å². The van der Waals surface area contributed by atoms with Crippen LogP contribution in [-0.2, 0) is 25.9 Å². The molecule has 1 heterocycles. The summed E-state index contributed by atoms with van der Waals surface area (Å²) in [6.45, 7) is 2.19. The van der Waals surface area contributed by atoms with Crippen LogP contribution in [0, 0.1) is 0 Å². The summed E-state index contributed by atoms with van der Waals surface area (Å²) in [7, 11) is 0. The number of halogens is 1. The summed E-state index contributed by atoms with van der Waals surface area (Å²) in [6, 6.07) is 20.9. The Kier molecular flexibility index (Phi) is 9.54. The largest absolute Gasteiger partial charge is 0.370 e. The minimum atomic E-state index is 0. The number of aryl methyl sites for hydroxylation is 2. The zero-order valence-corrected chi connectivity index (χ0v) is 18.3.